The molecule has 18 heavy (non-hydrogen) atoms. The molecule has 0 aliphatic heterocycles. The van der Waals surface area contributed by atoms with Crippen LogP contribution in [0.15, 0.2) is 22.7 Å². The molecule has 0 bridgehead atoms. The summed E-state index contributed by atoms with van der Waals surface area (Å²) in [7, 11) is 0. The number of aromatic nitrogens is 1. The maximum atomic E-state index is 13.3. The lowest BCUT2D eigenvalue weighted by atomic mass is 10.2. The average Bonchev–Trinajstić information content (AvgIpc) is 2.74. The first kappa shape index (κ1) is 12.7. The van der Waals surface area contributed by atoms with Crippen molar-refractivity contribution < 1.29 is 13.7 Å². The summed E-state index contributed by atoms with van der Waals surface area (Å²) in [5.74, 6) is 0.523. The maximum absolute atomic E-state index is 13.3. The molecular formula is C11H12FN3O2S. The van der Waals surface area contributed by atoms with E-state index in [9.17, 15) is 9.18 Å². The van der Waals surface area contributed by atoms with Gasteiger partial charge >= 0.3 is 6.03 Å². The summed E-state index contributed by atoms with van der Waals surface area (Å²) in [6, 6.07) is 4.02. The molecule has 2 aromatic rings. The number of carbonyl (C=O) groups excluding carboxylic acids is 1. The van der Waals surface area contributed by atoms with Crippen molar-refractivity contribution in [2.75, 3.05) is 11.1 Å². The third kappa shape index (κ3) is 2.73. The van der Waals surface area contributed by atoms with Crippen LogP contribution in [0.2, 0.25) is 0 Å². The van der Waals surface area contributed by atoms with Crippen LogP contribution in [-0.4, -0.2) is 16.9 Å². The van der Waals surface area contributed by atoms with Crippen molar-refractivity contribution in [3.05, 3.63) is 24.0 Å². The number of benzene rings is 1. The molecule has 2 rings (SSSR count). The Morgan fingerprint density at radius 1 is 1.56 bits per heavy atom. The first-order chi connectivity index (χ1) is 8.72. The molecule has 1 heterocycles. The minimum atomic E-state index is -0.506. The quantitative estimate of drug-likeness (QED) is 0.661. The Bertz CT molecular complexity index is 558. The molecule has 7 heteroatoms. The van der Waals surface area contributed by atoms with E-state index in [0.717, 1.165) is 12.2 Å². The Kier molecular flexibility index (Phi) is 4.03. The zero-order valence-electron chi connectivity index (χ0n) is 9.70. The van der Waals surface area contributed by atoms with Gasteiger partial charge < -0.3 is 4.52 Å². The molecular weight excluding hydrogens is 257 g/mol. The van der Waals surface area contributed by atoms with Crippen LogP contribution < -0.4 is 10.0 Å². The maximum Gasteiger partial charge on any atom is 0.330 e. The van der Waals surface area contributed by atoms with E-state index in [2.05, 4.69) is 15.2 Å². The van der Waals surface area contributed by atoms with Gasteiger partial charge in [-0.25, -0.2) is 9.18 Å². The van der Waals surface area contributed by atoms with Crippen LogP contribution in [0.1, 0.15) is 13.3 Å². The molecule has 0 spiro atoms. The van der Waals surface area contributed by atoms with E-state index in [1.54, 1.807) is 6.07 Å². The first-order valence-corrected chi connectivity index (χ1v) is 6.43. The Morgan fingerprint density at radius 3 is 3.17 bits per heavy atom. The highest BCUT2D eigenvalue weighted by atomic mass is 32.2. The van der Waals surface area contributed by atoms with Gasteiger partial charge in [0.25, 0.3) is 0 Å². The van der Waals surface area contributed by atoms with Gasteiger partial charge in [0.15, 0.2) is 11.6 Å². The molecule has 0 saturated heterocycles. The number of nitrogens with zero attached hydrogens (tertiary/aromatic N) is 1. The fraction of sp³-hybridized carbons (Fsp3) is 0.273. The van der Waals surface area contributed by atoms with Crippen molar-refractivity contribution in [2.24, 2.45) is 0 Å². The van der Waals surface area contributed by atoms with E-state index < -0.39 is 11.8 Å². The number of halogens is 1. The SMILES string of the molecule is CCCSNC(=O)Nc1noc2c(F)cccc12. The van der Waals surface area contributed by atoms with Gasteiger partial charge in [-0.3, -0.25) is 10.0 Å². The Morgan fingerprint density at radius 2 is 2.39 bits per heavy atom. The molecule has 1 aromatic heterocycles. The molecule has 1 aromatic carbocycles. The summed E-state index contributed by atoms with van der Waals surface area (Å²) in [5.41, 5.74) is 0.0361. The van der Waals surface area contributed by atoms with E-state index in [-0.39, 0.29) is 11.4 Å². The average molecular weight is 269 g/mol. The number of hydrogen-bond acceptors (Lipinski definition) is 4. The van der Waals surface area contributed by atoms with Crippen LogP contribution in [0.4, 0.5) is 15.0 Å². The van der Waals surface area contributed by atoms with Crippen molar-refractivity contribution in [2.45, 2.75) is 13.3 Å². The number of para-hydroxylation sites is 1. The molecule has 2 amide bonds. The molecule has 0 radical (unpaired) electrons. The Labute approximate surface area is 107 Å². The summed E-state index contributed by atoms with van der Waals surface area (Å²) >= 11 is 1.30. The van der Waals surface area contributed by atoms with Gasteiger partial charge in [0, 0.05) is 5.75 Å². The van der Waals surface area contributed by atoms with Crippen molar-refractivity contribution in [1.29, 1.82) is 0 Å². The Balaban J connectivity index is 2.08. The van der Waals surface area contributed by atoms with Gasteiger partial charge in [-0.05, 0) is 30.5 Å². The molecule has 0 saturated carbocycles. The van der Waals surface area contributed by atoms with Crippen LogP contribution in [0, 0.1) is 5.82 Å². The molecule has 0 unspecified atom stereocenters. The zero-order valence-corrected chi connectivity index (χ0v) is 10.5. The topological polar surface area (TPSA) is 67.2 Å². The first-order valence-electron chi connectivity index (χ1n) is 5.45. The fourth-order valence-corrected chi connectivity index (χ4v) is 1.86. The number of nitrogens with one attached hydrogen (secondary N) is 2. The van der Waals surface area contributed by atoms with Gasteiger partial charge in [0.2, 0.25) is 5.58 Å². The smallest absolute Gasteiger partial charge is 0.330 e. The number of anilines is 1. The largest absolute Gasteiger partial charge is 0.351 e. The third-order valence-corrected chi connectivity index (χ3v) is 3.10. The number of fused-ring (bicyclic) bond motifs is 1. The predicted molar refractivity (Wildman–Crippen MR) is 68.9 cm³/mol. The highest BCUT2D eigenvalue weighted by Crippen LogP contribution is 2.24. The number of hydrogen-bond donors (Lipinski definition) is 2. The van der Waals surface area contributed by atoms with Gasteiger partial charge in [0.05, 0.1) is 5.39 Å². The summed E-state index contributed by atoms with van der Waals surface area (Å²) in [6.45, 7) is 2.01. The molecule has 2 N–H and O–H groups in total. The number of amides is 2. The van der Waals surface area contributed by atoms with E-state index in [0.29, 0.717) is 5.39 Å². The normalized spacial score (nSPS) is 10.6. The zero-order chi connectivity index (χ0) is 13.0. The molecule has 0 fully saturated rings. The van der Waals surface area contributed by atoms with E-state index in [1.165, 1.54) is 24.1 Å². The monoisotopic (exact) mass is 269 g/mol. The van der Waals surface area contributed by atoms with Crippen LogP contribution in [0.5, 0.6) is 0 Å². The van der Waals surface area contributed by atoms with Gasteiger partial charge in [-0.15, -0.1) is 0 Å². The second-order valence-corrected chi connectivity index (χ2v) is 4.45. The second-order valence-electron chi connectivity index (χ2n) is 3.55. The molecule has 0 aliphatic rings. The lowest BCUT2D eigenvalue weighted by Gasteiger charge is -2.03. The summed E-state index contributed by atoms with van der Waals surface area (Å²) in [5, 5.41) is 6.57. The van der Waals surface area contributed by atoms with Gasteiger partial charge in [0.1, 0.15) is 0 Å². The lowest BCUT2D eigenvalue weighted by molar-refractivity contribution is 0.257. The lowest BCUT2D eigenvalue weighted by Crippen LogP contribution is -2.23. The van der Waals surface area contributed by atoms with E-state index in [1.807, 2.05) is 6.92 Å². The minimum absolute atomic E-state index is 0.0361. The molecule has 96 valence electrons. The van der Waals surface area contributed by atoms with Crippen molar-refractivity contribution in [3.63, 3.8) is 0 Å². The van der Waals surface area contributed by atoms with Gasteiger partial charge in [-0.1, -0.05) is 18.1 Å². The van der Waals surface area contributed by atoms with Crippen LogP contribution in [0.25, 0.3) is 11.0 Å². The molecule has 0 aliphatic carbocycles. The number of rotatable bonds is 4. The van der Waals surface area contributed by atoms with Crippen molar-refractivity contribution >= 4 is 34.8 Å². The fourth-order valence-electron chi connectivity index (χ4n) is 1.37. The summed E-state index contributed by atoms with van der Waals surface area (Å²) in [6.07, 6.45) is 0.961. The third-order valence-electron chi connectivity index (χ3n) is 2.15. The summed E-state index contributed by atoms with van der Waals surface area (Å²) in [4.78, 5) is 11.5. The van der Waals surface area contributed by atoms with E-state index in [4.69, 9.17) is 4.52 Å². The second kappa shape index (κ2) is 5.72. The van der Waals surface area contributed by atoms with Crippen LogP contribution in [0.3, 0.4) is 0 Å². The van der Waals surface area contributed by atoms with Crippen molar-refractivity contribution in [3.8, 4) is 0 Å². The standard InChI is InChI=1S/C11H12FN3O2S/c1-2-6-18-15-11(16)13-10-7-4-3-5-8(12)9(7)17-14-10/h3-5H,2,6H2,1H3,(H2,13,14,15,16). The highest BCUT2D eigenvalue weighted by molar-refractivity contribution is 7.97. The van der Waals surface area contributed by atoms with Gasteiger partial charge in [-0.2, -0.15) is 0 Å². The Hall–Kier alpha value is -1.76. The van der Waals surface area contributed by atoms with Crippen LogP contribution >= 0.6 is 11.9 Å². The number of carbonyl (C=O) groups is 1. The van der Waals surface area contributed by atoms with Crippen molar-refractivity contribution in [1.82, 2.24) is 9.88 Å². The highest BCUT2D eigenvalue weighted by Gasteiger charge is 2.13. The minimum Gasteiger partial charge on any atom is -0.351 e. The summed E-state index contributed by atoms with van der Waals surface area (Å²) < 4.78 is 20.7. The number of urea groups is 1. The molecule has 5 nitrogen and oxygen atoms in total. The van der Waals surface area contributed by atoms with E-state index >= 15 is 0 Å². The molecule has 0 atom stereocenters. The predicted octanol–water partition coefficient (Wildman–Crippen LogP) is 3.15. The van der Waals surface area contributed by atoms with Crippen LogP contribution in [-0.2, 0) is 0 Å².